The molecule has 1 heterocycles. The second-order valence-corrected chi connectivity index (χ2v) is 3.43. The molecule has 0 radical (unpaired) electrons. The van der Waals surface area contributed by atoms with Crippen LogP contribution in [-0.2, 0) is 0 Å². The molecule has 0 aliphatic carbocycles. The van der Waals surface area contributed by atoms with Crippen molar-refractivity contribution in [3.63, 3.8) is 0 Å². The molecule has 1 saturated heterocycles. The number of benzene rings is 1. The Morgan fingerprint density at radius 1 is 1.31 bits per heavy atom. The van der Waals surface area contributed by atoms with Crippen molar-refractivity contribution in [2.24, 2.45) is 0 Å². The lowest BCUT2D eigenvalue weighted by molar-refractivity contribution is 1.04. The predicted molar refractivity (Wildman–Crippen MR) is 60.1 cm³/mol. The van der Waals surface area contributed by atoms with Gasteiger partial charge in [0.1, 0.15) is 4.99 Å². The molecule has 1 aromatic carbocycles. The number of rotatable bonds is 1. The van der Waals surface area contributed by atoms with Crippen LogP contribution in [0, 0.1) is 0 Å². The Balaban J connectivity index is 2.20. The van der Waals surface area contributed by atoms with Gasteiger partial charge in [-0.25, -0.2) is 0 Å². The van der Waals surface area contributed by atoms with Crippen LogP contribution < -0.4 is 4.90 Å². The minimum absolute atomic E-state index is 0.958. The van der Waals surface area contributed by atoms with Crippen LogP contribution in [0.2, 0.25) is 0 Å². The van der Waals surface area contributed by atoms with Crippen LogP contribution in [0.1, 0.15) is 6.92 Å². The van der Waals surface area contributed by atoms with Crippen LogP contribution in [0.25, 0.3) is 0 Å². The lowest BCUT2D eigenvalue weighted by Gasteiger charge is -2.36. The average Bonchev–Trinajstić information content (AvgIpc) is 2.18. The first-order valence-electron chi connectivity index (χ1n) is 4.35. The van der Waals surface area contributed by atoms with Crippen molar-refractivity contribution in [1.29, 1.82) is 0 Å². The lowest BCUT2D eigenvalue weighted by atomic mass is 10.1. The van der Waals surface area contributed by atoms with Gasteiger partial charge in [-0.3, -0.25) is 0 Å². The Morgan fingerprint density at radius 3 is 2.54 bits per heavy atom. The van der Waals surface area contributed by atoms with Crippen LogP contribution >= 0.6 is 12.2 Å². The van der Waals surface area contributed by atoms with Gasteiger partial charge in [0.25, 0.3) is 0 Å². The van der Waals surface area contributed by atoms with E-state index in [9.17, 15) is 0 Å². The number of hydrogen-bond donors (Lipinski definition) is 0. The molecular formula is C11H11NS. The number of anilines is 1. The summed E-state index contributed by atoms with van der Waals surface area (Å²) in [5.41, 5.74) is 2.47. The summed E-state index contributed by atoms with van der Waals surface area (Å²) in [5.74, 6) is 0. The smallest absolute Gasteiger partial charge is 0.111 e. The highest BCUT2D eigenvalue weighted by molar-refractivity contribution is 7.81. The van der Waals surface area contributed by atoms with Crippen LogP contribution in [0.3, 0.4) is 0 Å². The first kappa shape index (κ1) is 8.45. The summed E-state index contributed by atoms with van der Waals surface area (Å²) in [7, 11) is 0. The zero-order valence-electron chi connectivity index (χ0n) is 7.53. The van der Waals surface area contributed by atoms with Gasteiger partial charge in [0, 0.05) is 11.3 Å². The minimum Gasteiger partial charge on any atom is -0.328 e. The normalized spacial score (nSPS) is 19.0. The van der Waals surface area contributed by atoms with Crippen molar-refractivity contribution in [2.45, 2.75) is 6.92 Å². The van der Waals surface area contributed by atoms with E-state index in [1.54, 1.807) is 0 Å². The summed E-state index contributed by atoms with van der Waals surface area (Å²) in [6, 6.07) is 10.2. The van der Waals surface area contributed by atoms with Crippen molar-refractivity contribution in [2.75, 3.05) is 11.4 Å². The monoisotopic (exact) mass is 189 g/mol. The number of thiocarbonyl (C=S) groups is 1. The van der Waals surface area contributed by atoms with Crippen molar-refractivity contribution in [3.05, 3.63) is 42.0 Å². The number of hydrogen-bond acceptors (Lipinski definition) is 1. The van der Waals surface area contributed by atoms with E-state index in [-0.39, 0.29) is 0 Å². The third-order valence-corrected chi connectivity index (χ3v) is 2.75. The van der Waals surface area contributed by atoms with Crippen LogP contribution in [-0.4, -0.2) is 11.5 Å². The maximum Gasteiger partial charge on any atom is 0.111 e. The highest BCUT2D eigenvalue weighted by atomic mass is 32.1. The van der Waals surface area contributed by atoms with E-state index in [1.165, 1.54) is 11.3 Å². The molecule has 0 saturated carbocycles. The van der Waals surface area contributed by atoms with E-state index in [0.717, 1.165) is 11.5 Å². The molecule has 1 aliphatic rings. The fourth-order valence-corrected chi connectivity index (χ4v) is 1.78. The highest BCUT2D eigenvalue weighted by Crippen LogP contribution is 2.25. The molecule has 0 bridgehead atoms. The second-order valence-electron chi connectivity index (χ2n) is 3.04. The van der Waals surface area contributed by atoms with E-state index in [4.69, 9.17) is 12.2 Å². The summed E-state index contributed by atoms with van der Waals surface area (Å²) in [6.45, 7) is 2.99. The quantitative estimate of drug-likeness (QED) is 0.493. The third-order valence-electron chi connectivity index (χ3n) is 2.26. The first-order valence-corrected chi connectivity index (χ1v) is 4.76. The molecular weight excluding hydrogens is 178 g/mol. The van der Waals surface area contributed by atoms with Gasteiger partial charge in [-0.1, -0.05) is 36.5 Å². The molecule has 0 unspecified atom stereocenters. The van der Waals surface area contributed by atoms with Crippen LogP contribution in [0.5, 0.6) is 0 Å². The molecule has 0 N–H and O–H groups in total. The van der Waals surface area contributed by atoms with Crippen molar-refractivity contribution in [1.82, 2.24) is 0 Å². The maximum atomic E-state index is 5.27. The van der Waals surface area contributed by atoms with Gasteiger partial charge in [0.05, 0.1) is 6.54 Å². The predicted octanol–water partition coefficient (Wildman–Crippen LogP) is 2.78. The molecule has 1 aliphatic heterocycles. The Bertz CT molecular complexity index is 354. The van der Waals surface area contributed by atoms with Crippen LogP contribution in [0.4, 0.5) is 5.69 Å². The number of para-hydroxylation sites is 1. The van der Waals surface area contributed by atoms with E-state index in [1.807, 2.05) is 25.1 Å². The minimum atomic E-state index is 0.958. The summed E-state index contributed by atoms with van der Waals surface area (Å²) in [4.78, 5) is 3.11. The third kappa shape index (κ3) is 1.38. The van der Waals surface area contributed by atoms with E-state index in [2.05, 4.69) is 23.1 Å². The maximum absolute atomic E-state index is 5.27. The Labute approximate surface area is 83.7 Å². The van der Waals surface area contributed by atoms with Gasteiger partial charge < -0.3 is 4.90 Å². The summed E-state index contributed by atoms with van der Waals surface area (Å²) < 4.78 is 0. The molecule has 0 aromatic heterocycles. The number of allylic oxidation sites excluding steroid dienone is 1. The fraction of sp³-hybridized carbons (Fsp3) is 0.182. The van der Waals surface area contributed by atoms with Gasteiger partial charge in [-0.15, -0.1) is 0 Å². The zero-order valence-corrected chi connectivity index (χ0v) is 8.34. The molecule has 0 amide bonds. The largest absolute Gasteiger partial charge is 0.328 e. The summed E-state index contributed by atoms with van der Waals surface area (Å²) >= 11 is 5.27. The SMILES string of the molecule is C/C=C1/CN(c2ccccc2)C1=S. The van der Waals surface area contributed by atoms with E-state index < -0.39 is 0 Å². The standard InChI is InChI=1S/C11H11NS/c1-2-9-8-12(11(9)13)10-6-4-3-5-7-10/h2-7H,8H2,1H3/b9-2-. The molecule has 13 heavy (non-hydrogen) atoms. The Morgan fingerprint density at radius 2 is 2.00 bits per heavy atom. The van der Waals surface area contributed by atoms with Gasteiger partial charge >= 0.3 is 0 Å². The van der Waals surface area contributed by atoms with E-state index in [0.29, 0.717) is 0 Å². The molecule has 1 aromatic rings. The Hall–Kier alpha value is -1.15. The molecule has 2 heteroatoms. The van der Waals surface area contributed by atoms with E-state index >= 15 is 0 Å². The lowest BCUT2D eigenvalue weighted by Crippen LogP contribution is -2.44. The second kappa shape index (κ2) is 3.30. The van der Waals surface area contributed by atoms with Gasteiger partial charge in [0.15, 0.2) is 0 Å². The van der Waals surface area contributed by atoms with Crippen molar-refractivity contribution >= 4 is 22.9 Å². The van der Waals surface area contributed by atoms with Gasteiger partial charge in [-0.2, -0.15) is 0 Å². The van der Waals surface area contributed by atoms with Crippen molar-refractivity contribution in [3.8, 4) is 0 Å². The summed E-state index contributed by atoms with van der Waals surface area (Å²) in [5, 5.41) is 0. The van der Waals surface area contributed by atoms with Gasteiger partial charge in [-0.05, 0) is 19.1 Å². The topological polar surface area (TPSA) is 3.24 Å². The molecule has 1 nitrogen and oxygen atoms in total. The fourth-order valence-electron chi connectivity index (χ4n) is 1.42. The zero-order chi connectivity index (χ0) is 9.26. The van der Waals surface area contributed by atoms with Crippen LogP contribution in [0.15, 0.2) is 42.0 Å². The molecule has 0 atom stereocenters. The number of nitrogens with zero attached hydrogens (tertiary/aromatic N) is 1. The highest BCUT2D eigenvalue weighted by Gasteiger charge is 2.26. The van der Waals surface area contributed by atoms with Gasteiger partial charge in [0.2, 0.25) is 0 Å². The average molecular weight is 189 g/mol. The summed E-state index contributed by atoms with van der Waals surface area (Å²) in [6.07, 6.45) is 2.09. The molecule has 66 valence electrons. The molecule has 2 rings (SSSR count). The first-order chi connectivity index (χ1) is 6.33. The molecule has 1 fully saturated rings. The van der Waals surface area contributed by atoms with Crippen molar-refractivity contribution < 1.29 is 0 Å². The Kier molecular flexibility index (Phi) is 2.15. The molecule has 0 spiro atoms.